The molecule has 0 aliphatic carbocycles. The van der Waals surface area contributed by atoms with Gasteiger partial charge < -0.3 is 4.98 Å². The van der Waals surface area contributed by atoms with E-state index in [0.29, 0.717) is 0 Å². The summed E-state index contributed by atoms with van der Waals surface area (Å²) in [7, 11) is 0. The molecule has 0 saturated heterocycles. The van der Waals surface area contributed by atoms with E-state index in [4.69, 9.17) is 0 Å². The summed E-state index contributed by atoms with van der Waals surface area (Å²) >= 11 is 6.73. The Labute approximate surface area is 80.3 Å². The number of aromatic nitrogens is 2. The quantitative estimate of drug-likeness (QED) is 0.786. The number of hydrogen-bond donors (Lipinski definition) is 1. The molecule has 0 aliphatic heterocycles. The van der Waals surface area contributed by atoms with E-state index in [9.17, 15) is 0 Å². The van der Waals surface area contributed by atoms with Gasteiger partial charge in [-0.3, -0.25) is 4.98 Å². The lowest BCUT2D eigenvalue weighted by Crippen LogP contribution is -1.73. The molecule has 0 saturated carbocycles. The van der Waals surface area contributed by atoms with E-state index in [1.807, 2.05) is 12.3 Å². The minimum atomic E-state index is 0.966. The highest BCUT2D eigenvalue weighted by molar-refractivity contribution is 9.11. The van der Waals surface area contributed by atoms with E-state index in [1.165, 1.54) is 0 Å². The molecule has 0 spiro atoms. The van der Waals surface area contributed by atoms with Crippen LogP contribution in [0.3, 0.4) is 0 Å². The van der Waals surface area contributed by atoms with Gasteiger partial charge >= 0.3 is 0 Å². The number of hydrogen-bond acceptors (Lipinski definition) is 1. The first kappa shape index (κ1) is 7.31. The molecular weight excluding hydrogens is 272 g/mol. The van der Waals surface area contributed by atoms with Gasteiger partial charge in [-0.1, -0.05) is 0 Å². The maximum Gasteiger partial charge on any atom is 0.102 e. The number of aromatic amines is 1. The zero-order valence-electron chi connectivity index (χ0n) is 5.44. The Morgan fingerprint density at radius 3 is 3.00 bits per heavy atom. The average Bonchev–Trinajstić information content (AvgIpc) is 2.32. The van der Waals surface area contributed by atoms with E-state index in [2.05, 4.69) is 41.8 Å². The Hall–Kier alpha value is -0.350. The smallest absolute Gasteiger partial charge is 0.102 e. The molecule has 0 fully saturated rings. The second kappa shape index (κ2) is 2.60. The van der Waals surface area contributed by atoms with Crippen molar-refractivity contribution in [3.63, 3.8) is 0 Å². The van der Waals surface area contributed by atoms with Gasteiger partial charge in [0.25, 0.3) is 0 Å². The summed E-state index contributed by atoms with van der Waals surface area (Å²) in [5, 5.41) is 0. The number of rotatable bonds is 0. The highest BCUT2D eigenvalue weighted by Gasteiger charge is 2.00. The number of nitrogens with one attached hydrogen (secondary N) is 1. The third-order valence-corrected chi connectivity index (χ3v) is 2.47. The van der Waals surface area contributed by atoms with Crippen LogP contribution < -0.4 is 0 Å². The van der Waals surface area contributed by atoms with Crippen LogP contribution in [0.25, 0.3) is 11.0 Å². The standard InChI is InChI=1S/C7H4Br2N2/c8-4-1-6-7(11-2-4)5(9)3-10-6/h1-3,10H. The Morgan fingerprint density at radius 1 is 1.36 bits per heavy atom. The van der Waals surface area contributed by atoms with Crippen molar-refractivity contribution in [1.29, 1.82) is 0 Å². The lowest BCUT2D eigenvalue weighted by molar-refractivity contribution is 1.38. The Kier molecular flexibility index (Phi) is 1.73. The van der Waals surface area contributed by atoms with E-state index in [-0.39, 0.29) is 0 Å². The minimum absolute atomic E-state index is 0.966. The van der Waals surface area contributed by atoms with E-state index in [1.54, 1.807) is 6.20 Å². The minimum Gasteiger partial charge on any atom is -0.359 e. The Morgan fingerprint density at radius 2 is 2.18 bits per heavy atom. The third kappa shape index (κ3) is 1.20. The van der Waals surface area contributed by atoms with Crippen LogP contribution in [0.5, 0.6) is 0 Å². The van der Waals surface area contributed by atoms with Crippen LogP contribution in [0.15, 0.2) is 27.4 Å². The highest BCUT2D eigenvalue weighted by Crippen LogP contribution is 2.23. The monoisotopic (exact) mass is 274 g/mol. The summed E-state index contributed by atoms with van der Waals surface area (Å²) in [6.45, 7) is 0. The van der Waals surface area contributed by atoms with Crippen molar-refractivity contribution in [2.75, 3.05) is 0 Å². The summed E-state index contributed by atoms with van der Waals surface area (Å²) in [4.78, 5) is 7.30. The molecule has 0 amide bonds. The second-order valence-electron chi connectivity index (χ2n) is 2.19. The topological polar surface area (TPSA) is 28.7 Å². The highest BCUT2D eigenvalue weighted by atomic mass is 79.9. The number of fused-ring (bicyclic) bond motifs is 1. The zero-order chi connectivity index (χ0) is 7.84. The van der Waals surface area contributed by atoms with Gasteiger partial charge in [-0.05, 0) is 37.9 Å². The van der Waals surface area contributed by atoms with E-state index < -0.39 is 0 Å². The summed E-state index contributed by atoms with van der Waals surface area (Å²) in [5.74, 6) is 0. The van der Waals surface area contributed by atoms with Gasteiger partial charge in [0.2, 0.25) is 0 Å². The molecule has 56 valence electrons. The van der Waals surface area contributed by atoms with Crippen LogP contribution >= 0.6 is 31.9 Å². The van der Waals surface area contributed by atoms with Crippen LogP contribution in [0, 0.1) is 0 Å². The van der Waals surface area contributed by atoms with Gasteiger partial charge in [0.15, 0.2) is 0 Å². The molecule has 2 nitrogen and oxygen atoms in total. The van der Waals surface area contributed by atoms with Crippen molar-refractivity contribution < 1.29 is 0 Å². The normalized spacial score (nSPS) is 10.7. The van der Waals surface area contributed by atoms with Crippen LogP contribution in [0.1, 0.15) is 0 Å². The van der Waals surface area contributed by atoms with Gasteiger partial charge in [0.1, 0.15) is 5.52 Å². The third-order valence-electron chi connectivity index (χ3n) is 1.43. The summed E-state index contributed by atoms with van der Waals surface area (Å²) in [5.41, 5.74) is 2.00. The van der Waals surface area contributed by atoms with E-state index in [0.717, 1.165) is 20.0 Å². The molecule has 1 N–H and O–H groups in total. The summed E-state index contributed by atoms with van der Waals surface area (Å²) in [6.07, 6.45) is 3.66. The van der Waals surface area contributed by atoms with Gasteiger partial charge in [-0.25, -0.2) is 0 Å². The van der Waals surface area contributed by atoms with Crippen LogP contribution in [0.2, 0.25) is 0 Å². The predicted molar refractivity (Wildman–Crippen MR) is 51.5 cm³/mol. The molecule has 2 heterocycles. The van der Waals surface area contributed by atoms with Crippen molar-refractivity contribution in [3.8, 4) is 0 Å². The molecule has 2 rings (SSSR count). The molecule has 0 radical (unpaired) electrons. The van der Waals surface area contributed by atoms with E-state index >= 15 is 0 Å². The molecule has 11 heavy (non-hydrogen) atoms. The van der Waals surface area contributed by atoms with Crippen molar-refractivity contribution in [3.05, 3.63) is 27.4 Å². The van der Waals surface area contributed by atoms with Gasteiger partial charge in [-0.15, -0.1) is 0 Å². The van der Waals surface area contributed by atoms with Crippen LogP contribution in [-0.4, -0.2) is 9.97 Å². The zero-order valence-corrected chi connectivity index (χ0v) is 8.61. The fraction of sp³-hybridized carbons (Fsp3) is 0. The van der Waals surface area contributed by atoms with Gasteiger partial charge in [0.05, 0.1) is 9.99 Å². The number of nitrogens with zero attached hydrogens (tertiary/aromatic N) is 1. The first-order chi connectivity index (χ1) is 5.27. The number of halogens is 2. The maximum absolute atomic E-state index is 4.22. The molecule has 0 aromatic carbocycles. The SMILES string of the molecule is Brc1cnc2c(Br)c[nH]c2c1. The fourth-order valence-electron chi connectivity index (χ4n) is 0.949. The van der Waals surface area contributed by atoms with Crippen molar-refractivity contribution >= 4 is 42.9 Å². The Bertz CT molecular complexity index is 394. The first-order valence-electron chi connectivity index (χ1n) is 3.05. The molecule has 0 atom stereocenters. The first-order valence-corrected chi connectivity index (χ1v) is 4.64. The Balaban J connectivity index is 2.86. The molecule has 4 heteroatoms. The molecule has 0 aliphatic rings. The number of pyridine rings is 1. The van der Waals surface area contributed by atoms with Gasteiger partial charge in [0, 0.05) is 16.9 Å². The number of H-pyrrole nitrogens is 1. The maximum atomic E-state index is 4.22. The fourth-order valence-corrected chi connectivity index (χ4v) is 1.71. The molecule has 2 aromatic rings. The molecular formula is C7H4Br2N2. The molecule has 2 aromatic heterocycles. The lowest BCUT2D eigenvalue weighted by Gasteiger charge is -1.89. The lowest BCUT2D eigenvalue weighted by atomic mass is 10.4. The van der Waals surface area contributed by atoms with Gasteiger partial charge in [-0.2, -0.15) is 0 Å². The van der Waals surface area contributed by atoms with Crippen molar-refractivity contribution in [2.24, 2.45) is 0 Å². The summed E-state index contributed by atoms with van der Waals surface area (Å²) < 4.78 is 1.99. The van der Waals surface area contributed by atoms with Crippen LogP contribution in [0.4, 0.5) is 0 Å². The second-order valence-corrected chi connectivity index (χ2v) is 3.96. The largest absolute Gasteiger partial charge is 0.359 e. The molecule has 0 unspecified atom stereocenters. The van der Waals surface area contributed by atoms with Crippen molar-refractivity contribution in [1.82, 2.24) is 9.97 Å². The predicted octanol–water partition coefficient (Wildman–Crippen LogP) is 3.09. The summed E-state index contributed by atoms with van der Waals surface area (Å²) in [6, 6.07) is 1.99. The van der Waals surface area contributed by atoms with Crippen molar-refractivity contribution in [2.45, 2.75) is 0 Å². The van der Waals surface area contributed by atoms with Crippen LogP contribution in [-0.2, 0) is 0 Å². The molecule has 0 bridgehead atoms. The average molecular weight is 276 g/mol.